The molecule has 0 atom stereocenters. The zero-order valence-corrected chi connectivity index (χ0v) is 36.3. The van der Waals surface area contributed by atoms with Crippen molar-refractivity contribution in [2.45, 2.75) is 19.3 Å². The van der Waals surface area contributed by atoms with Crippen LogP contribution in [-0.4, -0.2) is 14.5 Å². The molecule has 1 heterocycles. The van der Waals surface area contributed by atoms with E-state index in [1.807, 2.05) is 0 Å². The quantitative estimate of drug-likeness (QED) is 0.116. The first-order valence-electron chi connectivity index (χ1n) is 21.4. The standard InChI is InChI=1S/C59H42N2Se/c1-59(2)53-24-14-12-22-47(53)48-35-32-45(37-54(48)59)60(42-18-8-4-9-19-42)46-36-52-49(33-28-41-29-34-51-50-23-13-15-25-56(50)62-58(51)57(41)52)55(38-46)61(43-20-10-5-11-21-43)44-30-26-40(27-31-44)39-16-6-3-7-17-39/h3-38H,1-2H3. The van der Waals surface area contributed by atoms with E-state index in [0.29, 0.717) is 0 Å². The van der Waals surface area contributed by atoms with Crippen LogP contribution in [0.1, 0.15) is 25.0 Å². The first-order valence-corrected chi connectivity index (χ1v) is 23.1. The van der Waals surface area contributed by atoms with E-state index >= 15 is 0 Å². The summed E-state index contributed by atoms with van der Waals surface area (Å²) < 4.78 is 2.92. The van der Waals surface area contributed by atoms with Crippen molar-refractivity contribution < 1.29 is 0 Å². The molecule has 10 aromatic carbocycles. The number of benzene rings is 10. The van der Waals surface area contributed by atoms with Gasteiger partial charge in [-0.2, -0.15) is 0 Å². The molecule has 1 aliphatic rings. The Labute approximate surface area is 368 Å². The third-order valence-electron chi connectivity index (χ3n) is 13.0. The summed E-state index contributed by atoms with van der Waals surface area (Å²) in [5.41, 5.74) is 14.4. The van der Waals surface area contributed by atoms with Crippen molar-refractivity contribution in [1.29, 1.82) is 0 Å². The van der Waals surface area contributed by atoms with Crippen molar-refractivity contribution in [2.75, 3.05) is 9.80 Å². The summed E-state index contributed by atoms with van der Waals surface area (Å²) in [5, 5.41) is 7.84. The fraction of sp³-hybridized carbons (Fsp3) is 0.0508. The first kappa shape index (κ1) is 36.7. The maximum absolute atomic E-state index is 2.48. The van der Waals surface area contributed by atoms with Gasteiger partial charge in [0.15, 0.2) is 0 Å². The van der Waals surface area contributed by atoms with Gasteiger partial charge in [0.2, 0.25) is 0 Å². The number of hydrogen-bond acceptors (Lipinski definition) is 2. The van der Waals surface area contributed by atoms with Crippen molar-refractivity contribution in [2.24, 2.45) is 0 Å². The Bertz CT molecular complexity index is 3480. The second-order valence-corrected chi connectivity index (χ2v) is 19.1. The van der Waals surface area contributed by atoms with Crippen molar-refractivity contribution in [3.05, 3.63) is 230 Å². The molecule has 62 heavy (non-hydrogen) atoms. The summed E-state index contributed by atoms with van der Waals surface area (Å²) in [4.78, 5) is 4.94. The zero-order valence-electron chi connectivity index (χ0n) is 34.6. The molecule has 0 saturated carbocycles. The number of hydrogen-bond donors (Lipinski definition) is 0. The Hall–Kier alpha value is -7.16. The number of para-hydroxylation sites is 2. The molecule has 0 unspecified atom stereocenters. The summed E-state index contributed by atoms with van der Waals surface area (Å²) in [7, 11) is 0. The summed E-state index contributed by atoms with van der Waals surface area (Å²) in [6.45, 7) is 4.74. The van der Waals surface area contributed by atoms with Crippen molar-refractivity contribution in [1.82, 2.24) is 0 Å². The van der Waals surface area contributed by atoms with Gasteiger partial charge in [0.05, 0.1) is 0 Å². The van der Waals surface area contributed by atoms with E-state index in [0.717, 1.165) is 34.1 Å². The second-order valence-electron chi connectivity index (χ2n) is 16.9. The van der Waals surface area contributed by atoms with Crippen LogP contribution >= 0.6 is 0 Å². The molecule has 1 aromatic heterocycles. The molecule has 0 aliphatic heterocycles. The number of fused-ring (bicyclic) bond motifs is 10. The monoisotopic (exact) mass is 858 g/mol. The molecular weight excluding hydrogens is 816 g/mol. The van der Waals surface area contributed by atoms with Gasteiger partial charge in [-0.15, -0.1) is 0 Å². The molecule has 0 spiro atoms. The Balaban J connectivity index is 1.16. The van der Waals surface area contributed by atoms with E-state index in [4.69, 9.17) is 0 Å². The molecule has 0 amide bonds. The van der Waals surface area contributed by atoms with Crippen molar-refractivity contribution in [3.8, 4) is 22.3 Å². The molecule has 0 bridgehead atoms. The molecule has 2 nitrogen and oxygen atoms in total. The average Bonchev–Trinajstić information content (AvgIpc) is 3.82. The van der Waals surface area contributed by atoms with Crippen LogP contribution in [0.3, 0.4) is 0 Å². The van der Waals surface area contributed by atoms with Crippen LogP contribution < -0.4 is 9.80 Å². The van der Waals surface area contributed by atoms with Crippen LogP contribution in [0.2, 0.25) is 0 Å². The second kappa shape index (κ2) is 14.5. The fourth-order valence-corrected chi connectivity index (χ4v) is 12.7. The van der Waals surface area contributed by atoms with E-state index in [2.05, 4.69) is 242 Å². The number of rotatable bonds is 7. The molecule has 0 fully saturated rings. The Morgan fingerprint density at radius 3 is 1.71 bits per heavy atom. The Morgan fingerprint density at radius 2 is 0.952 bits per heavy atom. The van der Waals surface area contributed by atoms with Gasteiger partial charge in [-0.1, -0.05) is 30.3 Å². The van der Waals surface area contributed by atoms with Crippen LogP contribution in [0.15, 0.2) is 218 Å². The number of nitrogens with zero attached hydrogens (tertiary/aromatic N) is 2. The van der Waals surface area contributed by atoms with Gasteiger partial charge in [-0.25, -0.2) is 0 Å². The topological polar surface area (TPSA) is 6.48 Å². The summed E-state index contributed by atoms with van der Waals surface area (Å²) in [6, 6.07) is 80.9. The van der Waals surface area contributed by atoms with Gasteiger partial charge in [-0.3, -0.25) is 0 Å². The molecule has 0 N–H and O–H groups in total. The van der Waals surface area contributed by atoms with E-state index in [1.165, 1.54) is 74.2 Å². The zero-order chi connectivity index (χ0) is 41.4. The van der Waals surface area contributed by atoms with E-state index < -0.39 is 0 Å². The molecule has 11 aromatic rings. The van der Waals surface area contributed by atoms with Gasteiger partial charge >= 0.3 is 340 Å². The normalized spacial score (nSPS) is 12.8. The van der Waals surface area contributed by atoms with Gasteiger partial charge in [0, 0.05) is 0 Å². The van der Waals surface area contributed by atoms with Gasteiger partial charge in [0.1, 0.15) is 0 Å². The minimum absolute atomic E-state index is 0.136. The van der Waals surface area contributed by atoms with Gasteiger partial charge < -0.3 is 0 Å². The minimum atomic E-state index is -0.136. The van der Waals surface area contributed by atoms with E-state index in [-0.39, 0.29) is 19.9 Å². The van der Waals surface area contributed by atoms with Gasteiger partial charge in [0.25, 0.3) is 0 Å². The SMILES string of the molecule is CC1(C)c2ccccc2-c2ccc(N(c3ccccc3)c3cc(N(c4ccccc4)c4ccc(-c5ccccc5)cc4)c4ccc5ccc6c7ccccc7[se]c6c5c4c3)cc21. The maximum atomic E-state index is 2.48. The molecule has 0 saturated heterocycles. The average molecular weight is 858 g/mol. The summed E-state index contributed by atoms with van der Waals surface area (Å²) in [6.07, 6.45) is 0. The van der Waals surface area contributed by atoms with Crippen molar-refractivity contribution in [3.63, 3.8) is 0 Å². The Kier molecular flexibility index (Phi) is 8.57. The van der Waals surface area contributed by atoms with Crippen molar-refractivity contribution >= 4 is 89.5 Å². The predicted molar refractivity (Wildman–Crippen MR) is 266 cm³/mol. The summed E-state index contributed by atoms with van der Waals surface area (Å²) in [5.74, 6) is 0. The first-order chi connectivity index (χ1) is 30.5. The van der Waals surface area contributed by atoms with Crippen LogP contribution in [0, 0.1) is 0 Å². The van der Waals surface area contributed by atoms with Crippen LogP contribution in [0.5, 0.6) is 0 Å². The number of anilines is 6. The van der Waals surface area contributed by atoms with E-state index in [9.17, 15) is 0 Å². The molecular formula is C59H42N2Se. The van der Waals surface area contributed by atoms with Gasteiger partial charge in [-0.05, 0) is 0 Å². The molecule has 0 radical (unpaired) electrons. The third kappa shape index (κ3) is 5.85. The third-order valence-corrected chi connectivity index (χ3v) is 15.5. The Morgan fingerprint density at radius 1 is 0.371 bits per heavy atom. The predicted octanol–water partition coefficient (Wildman–Crippen LogP) is 16.3. The molecule has 3 heteroatoms. The fourth-order valence-electron chi connectivity index (χ4n) is 10.0. The van der Waals surface area contributed by atoms with Crippen LogP contribution in [-0.2, 0) is 5.41 Å². The molecule has 12 rings (SSSR count). The molecule has 1 aliphatic carbocycles. The van der Waals surface area contributed by atoms with E-state index in [1.54, 1.807) is 0 Å². The van der Waals surface area contributed by atoms with Crippen LogP contribution in [0.4, 0.5) is 34.1 Å². The van der Waals surface area contributed by atoms with Crippen LogP contribution in [0.25, 0.3) is 63.1 Å². The molecule has 294 valence electrons. The summed E-state index contributed by atoms with van der Waals surface area (Å²) >= 11 is 0.169.